The normalized spacial score (nSPS) is 10.4. The molecule has 0 atom stereocenters. The Labute approximate surface area is 128 Å². The standard InChI is InChI=1S/C19H15NO2/c1-13-12-16(18(21)15-10-6-3-7-11-15)19(22)20-17(13)14-8-4-2-5-9-14/h2-12H,1H3,(H,20,22). The molecule has 0 amide bonds. The van der Waals surface area contributed by atoms with E-state index in [1.807, 2.05) is 43.3 Å². The molecular formula is C19H15NO2. The van der Waals surface area contributed by atoms with E-state index >= 15 is 0 Å². The molecule has 3 heteroatoms. The van der Waals surface area contributed by atoms with Gasteiger partial charge in [0.05, 0.1) is 11.3 Å². The quantitative estimate of drug-likeness (QED) is 0.749. The minimum absolute atomic E-state index is 0.170. The van der Waals surface area contributed by atoms with E-state index in [2.05, 4.69) is 4.98 Å². The number of carbonyl (C=O) groups excluding carboxylic acids is 1. The van der Waals surface area contributed by atoms with Gasteiger partial charge >= 0.3 is 0 Å². The van der Waals surface area contributed by atoms with Crippen LogP contribution in [0, 0.1) is 6.92 Å². The Balaban J connectivity index is 2.08. The molecule has 1 aromatic heterocycles. The highest BCUT2D eigenvalue weighted by Gasteiger charge is 2.15. The molecule has 108 valence electrons. The van der Waals surface area contributed by atoms with Gasteiger partial charge in [-0.15, -0.1) is 0 Å². The average Bonchev–Trinajstić information content (AvgIpc) is 2.57. The molecule has 3 rings (SSSR count). The van der Waals surface area contributed by atoms with Gasteiger partial charge in [-0.05, 0) is 24.1 Å². The molecule has 1 heterocycles. The van der Waals surface area contributed by atoms with Gasteiger partial charge in [0.2, 0.25) is 0 Å². The van der Waals surface area contributed by atoms with Gasteiger partial charge in [0.1, 0.15) is 0 Å². The Morgan fingerprint density at radius 2 is 1.50 bits per heavy atom. The number of benzene rings is 2. The Morgan fingerprint density at radius 1 is 0.909 bits per heavy atom. The van der Waals surface area contributed by atoms with Crippen LogP contribution in [0.25, 0.3) is 11.3 Å². The van der Waals surface area contributed by atoms with Crippen molar-refractivity contribution in [3.8, 4) is 11.3 Å². The summed E-state index contributed by atoms with van der Waals surface area (Å²) in [6.07, 6.45) is 0. The fraction of sp³-hybridized carbons (Fsp3) is 0.0526. The van der Waals surface area contributed by atoms with Gasteiger partial charge < -0.3 is 4.98 Å². The monoisotopic (exact) mass is 289 g/mol. The maximum absolute atomic E-state index is 12.4. The fourth-order valence-electron chi connectivity index (χ4n) is 2.45. The van der Waals surface area contributed by atoms with Crippen LogP contribution in [-0.4, -0.2) is 10.8 Å². The van der Waals surface area contributed by atoms with E-state index in [-0.39, 0.29) is 16.9 Å². The van der Waals surface area contributed by atoms with Gasteiger partial charge in [-0.1, -0.05) is 60.7 Å². The lowest BCUT2D eigenvalue weighted by molar-refractivity contribution is 0.103. The number of H-pyrrole nitrogens is 1. The van der Waals surface area contributed by atoms with Crippen molar-refractivity contribution in [3.63, 3.8) is 0 Å². The molecule has 0 unspecified atom stereocenters. The van der Waals surface area contributed by atoms with E-state index in [0.29, 0.717) is 5.56 Å². The Morgan fingerprint density at radius 3 is 2.14 bits per heavy atom. The van der Waals surface area contributed by atoms with Crippen molar-refractivity contribution < 1.29 is 4.79 Å². The van der Waals surface area contributed by atoms with Gasteiger partial charge in [0.25, 0.3) is 5.56 Å². The molecule has 0 aliphatic heterocycles. The first-order valence-electron chi connectivity index (χ1n) is 7.06. The van der Waals surface area contributed by atoms with Crippen molar-refractivity contribution in [1.29, 1.82) is 0 Å². The number of hydrogen-bond donors (Lipinski definition) is 1. The lowest BCUT2D eigenvalue weighted by Gasteiger charge is -2.08. The second-order valence-electron chi connectivity index (χ2n) is 5.13. The molecule has 0 saturated carbocycles. The van der Waals surface area contributed by atoms with Gasteiger partial charge in [-0.3, -0.25) is 9.59 Å². The topological polar surface area (TPSA) is 49.9 Å². The van der Waals surface area contributed by atoms with Crippen LogP contribution in [0.15, 0.2) is 71.5 Å². The van der Waals surface area contributed by atoms with E-state index in [1.54, 1.807) is 30.3 Å². The van der Waals surface area contributed by atoms with Gasteiger partial charge in [-0.25, -0.2) is 0 Å². The first-order chi connectivity index (χ1) is 10.7. The summed E-state index contributed by atoms with van der Waals surface area (Å²) >= 11 is 0. The van der Waals surface area contributed by atoms with E-state index < -0.39 is 0 Å². The molecule has 0 fully saturated rings. The predicted molar refractivity (Wildman–Crippen MR) is 87.1 cm³/mol. The second kappa shape index (κ2) is 5.82. The number of aryl methyl sites for hydroxylation is 1. The molecule has 0 aliphatic carbocycles. The summed E-state index contributed by atoms with van der Waals surface area (Å²) in [6.45, 7) is 1.89. The van der Waals surface area contributed by atoms with Crippen molar-refractivity contribution >= 4 is 5.78 Å². The van der Waals surface area contributed by atoms with Crippen LogP contribution < -0.4 is 5.56 Å². The number of hydrogen-bond acceptors (Lipinski definition) is 2. The third-order valence-corrected chi connectivity index (χ3v) is 3.58. The van der Waals surface area contributed by atoms with Crippen LogP contribution in [0.2, 0.25) is 0 Å². The summed E-state index contributed by atoms with van der Waals surface area (Å²) in [5, 5.41) is 0. The molecular weight excluding hydrogens is 274 g/mol. The number of ketones is 1. The number of aromatic nitrogens is 1. The zero-order chi connectivity index (χ0) is 15.5. The summed E-state index contributed by atoms with van der Waals surface area (Å²) in [4.78, 5) is 27.6. The highest BCUT2D eigenvalue weighted by Crippen LogP contribution is 2.20. The van der Waals surface area contributed by atoms with Crippen LogP contribution in [0.5, 0.6) is 0 Å². The molecule has 3 aromatic rings. The van der Waals surface area contributed by atoms with Crippen molar-refractivity contribution in [2.75, 3.05) is 0 Å². The maximum atomic E-state index is 12.4. The molecule has 0 bridgehead atoms. The number of aromatic amines is 1. The summed E-state index contributed by atoms with van der Waals surface area (Å²) in [5.74, 6) is -0.260. The first-order valence-corrected chi connectivity index (χ1v) is 7.06. The van der Waals surface area contributed by atoms with Crippen molar-refractivity contribution in [3.05, 3.63) is 93.8 Å². The highest BCUT2D eigenvalue weighted by molar-refractivity contribution is 6.08. The lowest BCUT2D eigenvalue weighted by Crippen LogP contribution is -2.19. The van der Waals surface area contributed by atoms with Crippen LogP contribution in [0.3, 0.4) is 0 Å². The summed E-state index contributed by atoms with van der Waals surface area (Å²) in [7, 11) is 0. The zero-order valence-corrected chi connectivity index (χ0v) is 12.2. The Hall–Kier alpha value is -2.94. The van der Waals surface area contributed by atoms with Crippen LogP contribution in [-0.2, 0) is 0 Å². The Kier molecular flexibility index (Phi) is 3.71. The molecule has 0 radical (unpaired) electrons. The van der Waals surface area contributed by atoms with Gasteiger partial charge in [0, 0.05) is 5.56 Å². The fourth-order valence-corrected chi connectivity index (χ4v) is 2.45. The van der Waals surface area contributed by atoms with Crippen LogP contribution in [0.1, 0.15) is 21.5 Å². The summed E-state index contributed by atoms with van der Waals surface area (Å²) in [6, 6.07) is 20.1. The number of carbonyl (C=O) groups is 1. The smallest absolute Gasteiger partial charge is 0.259 e. The average molecular weight is 289 g/mol. The van der Waals surface area contributed by atoms with E-state index in [1.165, 1.54) is 0 Å². The first kappa shape index (κ1) is 14.0. The number of nitrogens with one attached hydrogen (secondary N) is 1. The molecule has 0 saturated heterocycles. The molecule has 1 N–H and O–H groups in total. The van der Waals surface area contributed by atoms with Crippen LogP contribution >= 0.6 is 0 Å². The maximum Gasteiger partial charge on any atom is 0.259 e. The van der Waals surface area contributed by atoms with E-state index in [0.717, 1.165) is 16.8 Å². The molecule has 2 aromatic carbocycles. The predicted octanol–water partition coefficient (Wildman–Crippen LogP) is 3.58. The van der Waals surface area contributed by atoms with Crippen LogP contribution in [0.4, 0.5) is 0 Å². The number of rotatable bonds is 3. The SMILES string of the molecule is Cc1cc(C(=O)c2ccccc2)c(=O)[nH]c1-c1ccccc1. The molecule has 0 spiro atoms. The summed E-state index contributed by atoms with van der Waals surface area (Å²) < 4.78 is 0. The molecule has 3 nitrogen and oxygen atoms in total. The lowest BCUT2D eigenvalue weighted by atomic mass is 10.0. The van der Waals surface area contributed by atoms with Gasteiger partial charge in [-0.2, -0.15) is 0 Å². The van der Waals surface area contributed by atoms with Crippen molar-refractivity contribution in [2.24, 2.45) is 0 Å². The van der Waals surface area contributed by atoms with Gasteiger partial charge in [0.15, 0.2) is 5.78 Å². The summed E-state index contributed by atoms with van der Waals surface area (Å²) in [5.41, 5.74) is 2.86. The van der Waals surface area contributed by atoms with Crippen molar-refractivity contribution in [2.45, 2.75) is 6.92 Å². The third-order valence-electron chi connectivity index (χ3n) is 3.58. The minimum Gasteiger partial charge on any atom is -0.321 e. The Bertz CT molecular complexity index is 865. The van der Waals surface area contributed by atoms with E-state index in [4.69, 9.17) is 0 Å². The highest BCUT2D eigenvalue weighted by atomic mass is 16.1. The largest absolute Gasteiger partial charge is 0.321 e. The second-order valence-corrected chi connectivity index (χ2v) is 5.13. The molecule has 22 heavy (non-hydrogen) atoms. The number of pyridine rings is 1. The zero-order valence-electron chi connectivity index (χ0n) is 12.2. The minimum atomic E-state index is -0.363. The third kappa shape index (κ3) is 2.61. The van der Waals surface area contributed by atoms with E-state index in [9.17, 15) is 9.59 Å². The molecule has 0 aliphatic rings. The van der Waals surface area contributed by atoms with Crippen molar-refractivity contribution in [1.82, 2.24) is 4.98 Å².